The summed E-state index contributed by atoms with van der Waals surface area (Å²) in [6.45, 7) is 4.68. The monoisotopic (exact) mass is 523 g/mol. The number of piperazine rings is 1. The van der Waals surface area contributed by atoms with Crippen LogP contribution in [0.1, 0.15) is 25.0 Å². The van der Waals surface area contributed by atoms with Crippen molar-refractivity contribution in [3.63, 3.8) is 0 Å². The number of aliphatic hydroxyl groups is 1. The van der Waals surface area contributed by atoms with Crippen LogP contribution in [0.3, 0.4) is 0 Å². The van der Waals surface area contributed by atoms with Crippen LogP contribution < -0.4 is 15.5 Å². The van der Waals surface area contributed by atoms with Gasteiger partial charge in [-0.25, -0.2) is 4.98 Å². The molecule has 39 heavy (non-hydrogen) atoms. The Morgan fingerprint density at radius 3 is 2.64 bits per heavy atom. The lowest BCUT2D eigenvalue weighted by Crippen LogP contribution is -2.54. The van der Waals surface area contributed by atoms with Crippen molar-refractivity contribution in [2.24, 2.45) is 11.3 Å². The number of phenolic OH excluding ortho intramolecular Hbond substituents is 1. The highest BCUT2D eigenvalue weighted by molar-refractivity contribution is 5.74. The zero-order valence-electron chi connectivity index (χ0n) is 21.9. The lowest BCUT2D eigenvalue weighted by atomic mass is 10.1. The smallest absolute Gasteiger partial charge is 0.169 e. The normalized spacial score (nSPS) is 27.3. The maximum Gasteiger partial charge on any atom is 0.169 e. The molecular weight excluding hydrogens is 490 g/mol. The van der Waals surface area contributed by atoms with Crippen LogP contribution in [0.2, 0.25) is 0 Å². The van der Waals surface area contributed by atoms with Crippen molar-refractivity contribution in [1.82, 2.24) is 20.1 Å². The van der Waals surface area contributed by atoms with Gasteiger partial charge in [-0.3, -0.25) is 4.90 Å². The van der Waals surface area contributed by atoms with Gasteiger partial charge >= 0.3 is 0 Å². The second-order valence-corrected chi connectivity index (χ2v) is 11.5. The highest BCUT2D eigenvalue weighted by Gasteiger charge is 2.59. The highest BCUT2D eigenvalue weighted by atomic mass is 16.3. The Bertz CT molecular complexity index is 1450. The number of benzene rings is 1. The summed E-state index contributed by atoms with van der Waals surface area (Å²) in [5, 5.41) is 28.4. The molecule has 5 heterocycles. The summed E-state index contributed by atoms with van der Waals surface area (Å²) in [5.41, 5.74) is 10.5. The number of fused-ring (bicyclic) bond motifs is 3. The minimum atomic E-state index is 0.156. The molecule has 0 radical (unpaired) electrons. The largest absolute Gasteiger partial charge is 0.507 e. The molecule has 0 amide bonds. The number of piperidine rings is 1. The van der Waals surface area contributed by atoms with E-state index in [0.717, 1.165) is 63.4 Å². The minimum absolute atomic E-state index is 0.156. The Hall–Kier alpha value is -3.87. The molecule has 4 aliphatic rings. The second-order valence-electron chi connectivity index (χ2n) is 11.5. The first-order chi connectivity index (χ1) is 19.0. The fourth-order valence-corrected chi connectivity index (χ4v) is 6.95. The Kier molecular flexibility index (Phi) is 5.83. The van der Waals surface area contributed by atoms with E-state index in [2.05, 4.69) is 53.9 Å². The topological polar surface area (TPSA) is 115 Å². The lowest BCUT2D eigenvalue weighted by Gasteiger charge is -2.43. The van der Waals surface area contributed by atoms with Crippen LogP contribution in [0.4, 0.5) is 17.2 Å². The molecule has 4 fully saturated rings. The number of hydrogen-bond donors (Lipinski definition) is 3. The molecule has 2 aromatic heterocycles. The number of pyridine rings is 1. The van der Waals surface area contributed by atoms with E-state index < -0.39 is 0 Å². The third kappa shape index (κ3) is 4.34. The van der Waals surface area contributed by atoms with Crippen LogP contribution in [0.5, 0.6) is 5.75 Å². The number of aliphatic hydroxyl groups excluding tert-OH is 1. The van der Waals surface area contributed by atoms with Gasteiger partial charge in [-0.15, -0.1) is 10.2 Å². The van der Waals surface area contributed by atoms with Gasteiger partial charge in [-0.1, -0.05) is 18.1 Å². The molecular formula is C30H33N7O2. The molecule has 9 nitrogen and oxygen atoms in total. The van der Waals surface area contributed by atoms with Crippen LogP contribution in [-0.4, -0.2) is 81.7 Å². The Labute approximate surface area is 228 Å². The molecule has 200 valence electrons. The quantitative estimate of drug-likeness (QED) is 0.434. The average molecular weight is 524 g/mol. The molecule has 9 heteroatoms. The number of para-hydroxylation sites is 1. The molecule has 2 bridgehead atoms. The minimum Gasteiger partial charge on any atom is -0.507 e. The summed E-state index contributed by atoms with van der Waals surface area (Å²) in [4.78, 5) is 11.7. The predicted molar refractivity (Wildman–Crippen MR) is 150 cm³/mol. The third-order valence-electron chi connectivity index (χ3n) is 9.06. The molecule has 7 rings (SSSR count). The van der Waals surface area contributed by atoms with Gasteiger partial charge in [-0.05, 0) is 61.4 Å². The van der Waals surface area contributed by atoms with Crippen LogP contribution in [-0.2, 0) is 0 Å². The van der Waals surface area contributed by atoms with Crippen molar-refractivity contribution in [2.45, 2.75) is 31.3 Å². The van der Waals surface area contributed by atoms with E-state index in [1.165, 1.54) is 5.69 Å². The summed E-state index contributed by atoms with van der Waals surface area (Å²) >= 11 is 0. The van der Waals surface area contributed by atoms with Gasteiger partial charge in [0, 0.05) is 61.1 Å². The van der Waals surface area contributed by atoms with Crippen molar-refractivity contribution in [3.05, 3.63) is 54.4 Å². The number of nitrogens with zero attached hydrogens (tertiary/aromatic N) is 6. The van der Waals surface area contributed by atoms with Crippen molar-refractivity contribution >= 4 is 17.2 Å². The van der Waals surface area contributed by atoms with E-state index >= 15 is 0 Å². The molecule has 4 N–H and O–H groups in total. The van der Waals surface area contributed by atoms with Gasteiger partial charge in [0.2, 0.25) is 0 Å². The van der Waals surface area contributed by atoms with Crippen molar-refractivity contribution in [3.8, 4) is 28.8 Å². The first kappa shape index (κ1) is 24.2. The predicted octanol–water partition coefficient (Wildman–Crippen LogP) is 2.35. The number of rotatable bonds is 5. The molecule has 3 aliphatic heterocycles. The zero-order valence-corrected chi connectivity index (χ0v) is 21.9. The average Bonchev–Trinajstić information content (AvgIpc) is 3.40. The van der Waals surface area contributed by atoms with E-state index in [-0.39, 0.29) is 11.2 Å². The third-order valence-corrected chi connectivity index (χ3v) is 9.06. The summed E-state index contributed by atoms with van der Waals surface area (Å²) < 4.78 is 0. The van der Waals surface area contributed by atoms with Gasteiger partial charge in [0.1, 0.15) is 11.4 Å². The van der Waals surface area contributed by atoms with Crippen molar-refractivity contribution < 1.29 is 10.2 Å². The lowest BCUT2D eigenvalue weighted by molar-refractivity contribution is 0.192. The maximum absolute atomic E-state index is 10.3. The van der Waals surface area contributed by atoms with Crippen molar-refractivity contribution in [2.75, 3.05) is 54.9 Å². The van der Waals surface area contributed by atoms with E-state index in [1.54, 1.807) is 12.1 Å². The summed E-state index contributed by atoms with van der Waals surface area (Å²) in [5.74, 6) is 7.82. The zero-order chi connectivity index (χ0) is 26.6. The number of phenols is 1. The van der Waals surface area contributed by atoms with Gasteiger partial charge < -0.3 is 25.7 Å². The first-order valence-corrected chi connectivity index (χ1v) is 13.8. The summed E-state index contributed by atoms with van der Waals surface area (Å²) in [6.07, 6.45) is 5.24. The number of nitrogens with two attached hydrogens (primary N) is 1. The fourth-order valence-electron chi connectivity index (χ4n) is 6.95. The van der Waals surface area contributed by atoms with Crippen LogP contribution >= 0.6 is 0 Å². The summed E-state index contributed by atoms with van der Waals surface area (Å²) in [6, 6.07) is 14.0. The SMILES string of the molecule is Nc1nnc(-c2ccccc2O)cc1N1CC2CCC(C1)N2c1ccnc(C#CCN2CC3CC3(CO)C2)c1. The van der Waals surface area contributed by atoms with Gasteiger partial charge in [-0.2, -0.15) is 0 Å². The van der Waals surface area contributed by atoms with E-state index in [0.29, 0.717) is 41.7 Å². The van der Waals surface area contributed by atoms with Crippen molar-refractivity contribution in [1.29, 1.82) is 0 Å². The molecule has 1 saturated carbocycles. The second kappa shape index (κ2) is 9.40. The molecule has 3 aromatic rings. The Balaban J connectivity index is 1.06. The molecule has 4 atom stereocenters. The molecule has 0 spiro atoms. The van der Waals surface area contributed by atoms with Crippen LogP contribution in [0, 0.1) is 23.2 Å². The van der Waals surface area contributed by atoms with Gasteiger partial charge in [0.15, 0.2) is 5.82 Å². The maximum atomic E-state index is 10.3. The van der Waals surface area contributed by atoms with E-state index in [4.69, 9.17) is 5.73 Å². The number of anilines is 3. The van der Waals surface area contributed by atoms with Crippen LogP contribution in [0.15, 0.2) is 48.7 Å². The Morgan fingerprint density at radius 1 is 1.05 bits per heavy atom. The Morgan fingerprint density at radius 2 is 1.87 bits per heavy atom. The molecule has 1 aromatic carbocycles. The van der Waals surface area contributed by atoms with Gasteiger partial charge in [0.05, 0.1) is 24.5 Å². The number of aromatic nitrogens is 3. The van der Waals surface area contributed by atoms with Gasteiger partial charge in [0.25, 0.3) is 0 Å². The molecule has 1 aliphatic carbocycles. The van der Waals surface area contributed by atoms with E-state index in [1.807, 2.05) is 24.4 Å². The highest BCUT2D eigenvalue weighted by Crippen LogP contribution is 2.57. The van der Waals surface area contributed by atoms with E-state index in [9.17, 15) is 10.2 Å². The first-order valence-electron chi connectivity index (χ1n) is 13.8. The number of hydrogen-bond acceptors (Lipinski definition) is 9. The number of aromatic hydroxyl groups is 1. The van der Waals surface area contributed by atoms with Crippen LogP contribution in [0.25, 0.3) is 11.3 Å². The number of likely N-dealkylation sites (tertiary alicyclic amines) is 1. The number of nitrogen functional groups attached to an aromatic ring is 1. The standard InChI is InChI=1S/C30H33N7O2/c31-29-27(13-26(33-34-29)25-5-1-2-6-28(25)39)36-16-23-7-8-24(17-36)37(23)22-9-10-32-21(12-22)4-3-11-35-15-20-14-30(20,18-35)19-38/h1-2,5-6,9-10,12-13,20,23-24,38-39H,7-8,11,14-19H2,(H2,31,34). The fraction of sp³-hybridized carbons (Fsp3) is 0.433. The molecule has 3 saturated heterocycles. The summed E-state index contributed by atoms with van der Waals surface area (Å²) in [7, 11) is 0. The molecule has 4 unspecified atom stereocenters.